The molecule has 8 heteroatoms. The molecule has 3 aromatic rings. The zero-order chi connectivity index (χ0) is 22.2. The predicted octanol–water partition coefficient (Wildman–Crippen LogP) is 3.27. The smallest absolute Gasteiger partial charge is 0.344 e. The van der Waals surface area contributed by atoms with Crippen LogP contribution in [-0.4, -0.2) is 29.5 Å². The maximum atomic E-state index is 12.6. The Bertz CT molecular complexity index is 1080. The molecule has 1 aromatic heterocycles. The van der Waals surface area contributed by atoms with E-state index in [4.69, 9.17) is 9.26 Å². The van der Waals surface area contributed by atoms with Crippen molar-refractivity contribution in [2.24, 2.45) is 0 Å². The van der Waals surface area contributed by atoms with Gasteiger partial charge in [-0.05, 0) is 31.0 Å². The number of aromatic nitrogens is 1. The van der Waals surface area contributed by atoms with Gasteiger partial charge in [0.05, 0.1) is 16.9 Å². The van der Waals surface area contributed by atoms with Crippen molar-refractivity contribution < 1.29 is 23.6 Å². The van der Waals surface area contributed by atoms with Gasteiger partial charge in [0.1, 0.15) is 11.3 Å². The van der Waals surface area contributed by atoms with E-state index in [1.54, 1.807) is 31.2 Å². The molecule has 8 nitrogen and oxygen atoms in total. The number of esters is 1. The molecular weight excluding hydrogens is 398 g/mol. The van der Waals surface area contributed by atoms with Crippen LogP contribution in [0.15, 0.2) is 59.1 Å². The summed E-state index contributed by atoms with van der Waals surface area (Å²) < 4.78 is 10.1. The van der Waals surface area contributed by atoms with Gasteiger partial charge >= 0.3 is 5.97 Å². The van der Waals surface area contributed by atoms with Crippen molar-refractivity contribution >= 4 is 23.5 Å². The van der Waals surface area contributed by atoms with Crippen LogP contribution in [0.4, 0.5) is 5.69 Å². The fraction of sp³-hybridized carbons (Fsp3) is 0.217. The van der Waals surface area contributed by atoms with E-state index < -0.39 is 18.5 Å². The Balaban J connectivity index is 1.59. The molecule has 3 rings (SSSR count). The van der Waals surface area contributed by atoms with Crippen LogP contribution in [0.5, 0.6) is 0 Å². The lowest BCUT2D eigenvalue weighted by Crippen LogP contribution is -2.26. The highest BCUT2D eigenvalue weighted by Crippen LogP contribution is 2.17. The summed E-state index contributed by atoms with van der Waals surface area (Å²) in [6, 6.07) is 16.1. The Morgan fingerprint density at radius 2 is 1.74 bits per heavy atom. The van der Waals surface area contributed by atoms with E-state index in [1.807, 2.05) is 37.3 Å². The van der Waals surface area contributed by atoms with E-state index in [-0.39, 0.29) is 11.5 Å². The number of ether oxygens (including phenoxy) is 1. The van der Waals surface area contributed by atoms with E-state index >= 15 is 0 Å². The van der Waals surface area contributed by atoms with Crippen LogP contribution in [0.1, 0.15) is 44.7 Å². The summed E-state index contributed by atoms with van der Waals surface area (Å²) >= 11 is 0. The number of amides is 2. The summed E-state index contributed by atoms with van der Waals surface area (Å²) in [4.78, 5) is 37.2. The van der Waals surface area contributed by atoms with Gasteiger partial charge in [-0.2, -0.15) is 0 Å². The molecular formula is C23H23N3O5. The van der Waals surface area contributed by atoms with Gasteiger partial charge in [-0.25, -0.2) is 4.79 Å². The number of carbonyl (C=O) groups excluding carboxylic acids is 3. The van der Waals surface area contributed by atoms with Crippen molar-refractivity contribution in [1.29, 1.82) is 0 Å². The molecule has 160 valence electrons. The van der Waals surface area contributed by atoms with Crippen LogP contribution in [0.25, 0.3) is 0 Å². The summed E-state index contributed by atoms with van der Waals surface area (Å²) in [5.74, 6) is -1.24. The lowest BCUT2D eigenvalue weighted by Gasteiger charge is -2.12. The number of anilines is 1. The number of benzene rings is 2. The summed E-state index contributed by atoms with van der Waals surface area (Å²) in [6.07, 6.45) is 0.499. The Morgan fingerprint density at radius 1 is 1.03 bits per heavy atom. The van der Waals surface area contributed by atoms with Gasteiger partial charge in [0.2, 0.25) is 0 Å². The zero-order valence-corrected chi connectivity index (χ0v) is 17.3. The molecule has 0 aliphatic carbocycles. The van der Waals surface area contributed by atoms with Crippen LogP contribution in [-0.2, 0) is 22.5 Å². The molecule has 2 amide bonds. The zero-order valence-electron chi connectivity index (χ0n) is 17.3. The first-order chi connectivity index (χ1) is 15.0. The number of aryl methyl sites for hydroxylation is 2. The highest BCUT2D eigenvalue weighted by atomic mass is 16.5. The minimum atomic E-state index is -0.681. The van der Waals surface area contributed by atoms with Crippen molar-refractivity contribution in [3.8, 4) is 0 Å². The summed E-state index contributed by atoms with van der Waals surface area (Å²) in [6.45, 7) is 3.29. The average Bonchev–Trinajstić information content (AvgIpc) is 3.17. The number of para-hydroxylation sites is 1. The maximum absolute atomic E-state index is 12.6. The van der Waals surface area contributed by atoms with Gasteiger partial charge in [0.25, 0.3) is 11.8 Å². The number of hydrogen-bond donors (Lipinski definition) is 2. The fourth-order valence-electron chi connectivity index (χ4n) is 2.97. The van der Waals surface area contributed by atoms with Crippen molar-refractivity contribution in [3.05, 3.63) is 82.7 Å². The van der Waals surface area contributed by atoms with Crippen molar-refractivity contribution in [3.63, 3.8) is 0 Å². The molecule has 0 radical (unpaired) electrons. The summed E-state index contributed by atoms with van der Waals surface area (Å²) in [7, 11) is 0. The number of nitrogens with one attached hydrogen (secondary N) is 2. The molecule has 31 heavy (non-hydrogen) atoms. The molecule has 0 unspecified atom stereocenters. The molecule has 0 atom stereocenters. The monoisotopic (exact) mass is 421 g/mol. The quantitative estimate of drug-likeness (QED) is 0.540. The van der Waals surface area contributed by atoms with Crippen LogP contribution in [0, 0.1) is 6.92 Å². The number of carbonyl (C=O) groups is 3. The molecule has 2 aromatic carbocycles. The van der Waals surface area contributed by atoms with Crippen LogP contribution >= 0.6 is 0 Å². The molecule has 0 spiro atoms. The van der Waals surface area contributed by atoms with Crippen molar-refractivity contribution in [2.75, 3.05) is 11.9 Å². The van der Waals surface area contributed by atoms with Crippen molar-refractivity contribution in [2.45, 2.75) is 26.8 Å². The molecule has 0 aliphatic rings. The van der Waals surface area contributed by atoms with E-state index in [2.05, 4.69) is 15.8 Å². The Kier molecular flexibility index (Phi) is 7.16. The van der Waals surface area contributed by atoms with Crippen molar-refractivity contribution in [1.82, 2.24) is 10.5 Å². The molecule has 0 bridgehead atoms. The first kappa shape index (κ1) is 21.8. The molecule has 1 heterocycles. The lowest BCUT2D eigenvalue weighted by atomic mass is 10.1. The topological polar surface area (TPSA) is 111 Å². The first-order valence-corrected chi connectivity index (χ1v) is 9.82. The SMILES string of the molecule is CCc1noc(C)c1C(=O)OCC(=O)Nc1ccccc1C(=O)NCc1ccccc1. The van der Waals surface area contributed by atoms with Crippen LogP contribution in [0.2, 0.25) is 0 Å². The lowest BCUT2D eigenvalue weighted by molar-refractivity contribution is -0.119. The molecule has 0 saturated heterocycles. The first-order valence-electron chi connectivity index (χ1n) is 9.82. The molecule has 2 N–H and O–H groups in total. The largest absolute Gasteiger partial charge is 0.452 e. The number of hydrogen-bond acceptors (Lipinski definition) is 6. The summed E-state index contributed by atoms with van der Waals surface area (Å²) in [5.41, 5.74) is 2.30. The summed E-state index contributed by atoms with van der Waals surface area (Å²) in [5, 5.41) is 9.24. The van der Waals surface area contributed by atoms with E-state index in [1.165, 1.54) is 0 Å². The standard InChI is InChI=1S/C23H23N3O5/c1-3-18-21(15(2)31-26-18)23(29)30-14-20(27)25-19-12-8-7-11-17(19)22(28)24-13-16-9-5-4-6-10-16/h4-12H,3,13-14H2,1-2H3,(H,24,28)(H,25,27). The van der Waals surface area contributed by atoms with E-state index in [0.29, 0.717) is 35.7 Å². The number of rotatable bonds is 8. The third kappa shape index (κ3) is 5.57. The fourth-order valence-corrected chi connectivity index (χ4v) is 2.97. The third-order valence-electron chi connectivity index (χ3n) is 4.55. The highest BCUT2D eigenvalue weighted by Gasteiger charge is 2.22. The van der Waals surface area contributed by atoms with Gasteiger partial charge in [-0.3, -0.25) is 9.59 Å². The van der Waals surface area contributed by atoms with Gasteiger partial charge in [0.15, 0.2) is 6.61 Å². The molecule has 0 saturated carbocycles. The average molecular weight is 421 g/mol. The van der Waals surface area contributed by atoms with Gasteiger partial charge in [0, 0.05) is 6.54 Å². The van der Waals surface area contributed by atoms with Gasteiger partial charge < -0.3 is 19.9 Å². The van der Waals surface area contributed by atoms with Crippen LogP contribution in [0.3, 0.4) is 0 Å². The number of nitrogens with zero attached hydrogens (tertiary/aromatic N) is 1. The van der Waals surface area contributed by atoms with E-state index in [0.717, 1.165) is 5.56 Å². The second-order valence-electron chi connectivity index (χ2n) is 6.75. The Labute approximate surface area is 179 Å². The van der Waals surface area contributed by atoms with Gasteiger partial charge in [-0.1, -0.05) is 54.5 Å². The normalized spacial score (nSPS) is 10.4. The van der Waals surface area contributed by atoms with Crippen LogP contribution < -0.4 is 10.6 Å². The Morgan fingerprint density at radius 3 is 2.48 bits per heavy atom. The minimum Gasteiger partial charge on any atom is -0.452 e. The molecule has 0 aliphatic heterocycles. The second-order valence-corrected chi connectivity index (χ2v) is 6.75. The highest BCUT2D eigenvalue weighted by molar-refractivity contribution is 6.04. The third-order valence-corrected chi connectivity index (χ3v) is 4.55. The Hall–Kier alpha value is -3.94. The van der Waals surface area contributed by atoms with Gasteiger partial charge in [-0.15, -0.1) is 0 Å². The van der Waals surface area contributed by atoms with E-state index in [9.17, 15) is 14.4 Å². The second kappa shape index (κ2) is 10.2. The molecule has 0 fully saturated rings. The minimum absolute atomic E-state index is 0.232. The predicted molar refractivity (Wildman–Crippen MR) is 114 cm³/mol. The maximum Gasteiger partial charge on any atom is 0.344 e.